The molecule has 1 aromatic carbocycles. The second kappa shape index (κ2) is 3.83. The fourth-order valence-corrected chi connectivity index (χ4v) is 3.11. The lowest BCUT2D eigenvalue weighted by Gasteiger charge is -2.03. The van der Waals surface area contributed by atoms with E-state index in [0.29, 0.717) is 0 Å². The second-order valence-electron chi connectivity index (χ2n) is 3.21. The van der Waals surface area contributed by atoms with Crippen molar-refractivity contribution in [2.24, 2.45) is 0 Å². The smallest absolute Gasteiger partial charge is 0.0503 e. The molecule has 14 heavy (non-hydrogen) atoms. The maximum absolute atomic E-state index is 5.92. The molecule has 0 saturated carbocycles. The number of hydrogen-bond donors (Lipinski definition) is 1. The Morgan fingerprint density at radius 3 is 2.86 bits per heavy atom. The van der Waals surface area contributed by atoms with E-state index in [1.807, 2.05) is 5.38 Å². The topological polar surface area (TPSA) is 26.0 Å². The maximum Gasteiger partial charge on any atom is 0.0503 e. The van der Waals surface area contributed by atoms with Crippen molar-refractivity contribution in [3.8, 4) is 0 Å². The summed E-state index contributed by atoms with van der Waals surface area (Å²) in [5.41, 5.74) is 8.25. The summed E-state index contributed by atoms with van der Waals surface area (Å²) in [5, 5.41) is 3.26. The molecule has 0 aliphatic carbocycles. The average Bonchev–Trinajstić information content (AvgIpc) is 2.59. The van der Waals surface area contributed by atoms with Crippen molar-refractivity contribution in [1.82, 2.24) is 0 Å². The molecule has 0 atom stereocenters. The first-order valence-electron chi connectivity index (χ1n) is 4.59. The van der Waals surface area contributed by atoms with Crippen LogP contribution in [0.4, 0.5) is 5.69 Å². The van der Waals surface area contributed by atoms with Crippen LogP contribution in [0.5, 0.6) is 0 Å². The van der Waals surface area contributed by atoms with Crippen molar-refractivity contribution in [3.63, 3.8) is 0 Å². The molecule has 0 fully saturated rings. The quantitative estimate of drug-likeness (QED) is 0.784. The van der Waals surface area contributed by atoms with Gasteiger partial charge in [0.1, 0.15) is 0 Å². The molecule has 0 unspecified atom stereocenters. The van der Waals surface area contributed by atoms with Gasteiger partial charge in [-0.15, -0.1) is 23.1 Å². The zero-order chi connectivity index (χ0) is 10.1. The molecule has 2 N–H and O–H groups in total. The number of rotatable bonds is 2. The van der Waals surface area contributed by atoms with E-state index in [9.17, 15) is 0 Å². The van der Waals surface area contributed by atoms with Crippen molar-refractivity contribution in [2.45, 2.75) is 18.2 Å². The molecule has 0 spiro atoms. The van der Waals surface area contributed by atoms with Crippen LogP contribution in [0.15, 0.2) is 22.4 Å². The van der Waals surface area contributed by atoms with Gasteiger partial charge in [0.05, 0.1) is 5.69 Å². The summed E-state index contributed by atoms with van der Waals surface area (Å²) in [6, 6.07) is 4.45. The van der Waals surface area contributed by atoms with Gasteiger partial charge in [-0.2, -0.15) is 0 Å². The monoisotopic (exact) mass is 223 g/mol. The summed E-state index contributed by atoms with van der Waals surface area (Å²) in [6.07, 6.45) is 3.17. The molecule has 0 amide bonds. The number of benzene rings is 1. The van der Waals surface area contributed by atoms with Gasteiger partial charge >= 0.3 is 0 Å². The predicted molar refractivity (Wildman–Crippen MR) is 67.4 cm³/mol. The highest BCUT2D eigenvalue weighted by atomic mass is 32.2. The van der Waals surface area contributed by atoms with Gasteiger partial charge in [-0.25, -0.2) is 0 Å². The van der Waals surface area contributed by atoms with Crippen LogP contribution in [-0.2, 0) is 6.42 Å². The van der Waals surface area contributed by atoms with Gasteiger partial charge in [-0.1, -0.05) is 6.92 Å². The third-order valence-corrected chi connectivity index (χ3v) is 4.17. The molecular formula is C11H13NS2. The largest absolute Gasteiger partial charge is 0.398 e. The van der Waals surface area contributed by atoms with Gasteiger partial charge < -0.3 is 5.73 Å². The van der Waals surface area contributed by atoms with E-state index in [2.05, 4.69) is 25.3 Å². The summed E-state index contributed by atoms with van der Waals surface area (Å²) >= 11 is 3.52. The molecule has 1 heterocycles. The molecule has 2 aromatic rings. The van der Waals surface area contributed by atoms with Crippen molar-refractivity contribution < 1.29 is 0 Å². The van der Waals surface area contributed by atoms with Gasteiger partial charge in [-0.05, 0) is 30.4 Å². The standard InChI is InChI=1S/C11H13NS2/c1-3-7-4-8(13-2)5-9-10(12)6-14-11(7)9/h4-6H,3,12H2,1-2H3. The fourth-order valence-electron chi connectivity index (χ4n) is 1.58. The van der Waals surface area contributed by atoms with Crippen LogP contribution in [0.2, 0.25) is 0 Å². The lowest BCUT2D eigenvalue weighted by molar-refractivity contribution is 1.15. The van der Waals surface area contributed by atoms with Crippen LogP contribution >= 0.6 is 23.1 Å². The third kappa shape index (κ3) is 1.51. The first-order chi connectivity index (χ1) is 6.76. The minimum absolute atomic E-state index is 0.913. The van der Waals surface area contributed by atoms with E-state index in [-0.39, 0.29) is 0 Å². The minimum Gasteiger partial charge on any atom is -0.398 e. The number of nitrogen functional groups attached to an aromatic ring is 1. The van der Waals surface area contributed by atoms with Crippen LogP contribution in [-0.4, -0.2) is 6.26 Å². The molecule has 0 bridgehead atoms. The number of thioether (sulfide) groups is 1. The van der Waals surface area contributed by atoms with Crippen LogP contribution in [0.1, 0.15) is 12.5 Å². The first-order valence-corrected chi connectivity index (χ1v) is 6.70. The Labute approximate surface area is 92.3 Å². The molecule has 0 saturated heterocycles. The van der Waals surface area contributed by atoms with Crippen molar-refractivity contribution >= 4 is 38.9 Å². The third-order valence-electron chi connectivity index (χ3n) is 2.37. The van der Waals surface area contributed by atoms with Crippen LogP contribution in [0.3, 0.4) is 0 Å². The molecule has 0 aliphatic heterocycles. The lowest BCUT2D eigenvalue weighted by atomic mass is 10.1. The van der Waals surface area contributed by atoms with E-state index < -0.39 is 0 Å². The molecule has 3 heteroatoms. The minimum atomic E-state index is 0.913. The van der Waals surface area contributed by atoms with Crippen LogP contribution in [0.25, 0.3) is 10.1 Å². The maximum atomic E-state index is 5.92. The van der Waals surface area contributed by atoms with Gasteiger partial charge in [0, 0.05) is 20.4 Å². The lowest BCUT2D eigenvalue weighted by Crippen LogP contribution is -1.85. The SMILES string of the molecule is CCc1cc(SC)cc2c(N)csc12. The van der Waals surface area contributed by atoms with Crippen molar-refractivity contribution in [3.05, 3.63) is 23.1 Å². The Hall–Kier alpha value is -0.670. The highest BCUT2D eigenvalue weighted by molar-refractivity contribution is 7.98. The first kappa shape index (κ1) is 9.87. The Morgan fingerprint density at radius 2 is 2.21 bits per heavy atom. The van der Waals surface area contributed by atoms with Crippen LogP contribution < -0.4 is 5.73 Å². The van der Waals surface area contributed by atoms with E-state index >= 15 is 0 Å². The molecule has 2 rings (SSSR count). The fraction of sp³-hybridized carbons (Fsp3) is 0.273. The van der Waals surface area contributed by atoms with Gasteiger partial charge in [-0.3, -0.25) is 0 Å². The number of thiophene rings is 1. The summed E-state index contributed by atoms with van der Waals surface area (Å²) in [4.78, 5) is 1.31. The Balaban J connectivity index is 2.76. The molecule has 0 aliphatic rings. The zero-order valence-electron chi connectivity index (χ0n) is 8.33. The highest BCUT2D eigenvalue weighted by Crippen LogP contribution is 2.34. The average molecular weight is 223 g/mol. The Kier molecular flexibility index (Phi) is 2.70. The summed E-state index contributed by atoms with van der Waals surface area (Å²) in [5.74, 6) is 0. The zero-order valence-corrected chi connectivity index (χ0v) is 9.97. The molecule has 0 radical (unpaired) electrons. The number of hydrogen-bond acceptors (Lipinski definition) is 3. The Bertz CT molecular complexity index is 460. The van der Waals surface area contributed by atoms with Crippen molar-refractivity contribution in [1.29, 1.82) is 0 Å². The number of nitrogens with two attached hydrogens (primary N) is 1. The van der Waals surface area contributed by atoms with E-state index in [1.54, 1.807) is 23.1 Å². The van der Waals surface area contributed by atoms with E-state index in [4.69, 9.17) is 5.73 Å². The molecule has 74 valence electrons. The number of fused-ring (bicyclic) bond motifs is 1. The summed E-state index contributed by atoms with van der Waals surface area (Å²) in [7, 11) is 0. The number of anilines is 1. The van der Waals surface area contributed by atoms with Gasteiger partial charge in [0.25, 0.3) is 0 Å². The Morgan fingerprint density at radius 1 is 1.43 bits per heavy atom. The second-order valence-corrected chi connectivity index (χ2v) is 4.97. The summed E-state index contributed by atoms with van der Waals surface area (Å²) in [6.45, 7) is 2.19. The summed E-state index contributed by atoms with van der Waals surface area (Å²) < 4.78 is 1.35. The van der Waals surface area contributed by atoms with Gasteiger partial charge in [0.15, 0.2) is 0 Å². The molecule has 1 nitrogen and oxygen atoms in total. The van der Waals surface area contributed by atoms with E-state index in [1.165, 1.54) is 20.5 Å². The van der Waals surface area contributed by atoms with E-state index in [0.717, 1.165) is 12.1 Å². The number of aryl methyl sites for hydroxylation is 1. The normalized spacial score (nSPS) is 11.0. The highest BCUT2D eigenvalue weighted by Gasteiger charge is 2.06. The predicted octanol–water partition coefficient (Wildman–Crippen LogP) is 3.77. The van der Waals surface area contributed by atoms with Crippen molar-refractivity contribution in [2.75, 3.05) is 12.0 Å². The molecular weight excluding hydrogens is 210 g/mol. The van der Waals surface area contributed by atoms with Gasteiger partial charge in [0.2, 0.25) is 0 Å². The van der Waals surface area contributed by atoms with Crippen LogP contribution in [0, 0.1) is 0 Å². The molecule has 1 aromatic heterocycles.